The van der Waals surface area contributed by atoms with Crippen LogP contribution >= 0.6 is 31.9 Å². The number of hydrogen-bond donors (Lipinski definition) is 1. The maximum absolute atomic E-state index is 5.78. The molecule has 0 amide bonds. The lowest BCUT2D eigenvalue weighted by Gasteiger charge is -2.13. The van der Waals surface area contributed by atoms with Crippen molar-refractivity contribution in [2.24, 2.45) is 5.92 Å². The maximum Gasteiger partial charge on any atom is 0.147 e. The minimum atomic E-state index is 0.497. The lowest BCUT2D eigenvalue weighted by atomic mass is 10.1. The van der Waals surface area contributed by atoms with E-state index in [0.29, 0.717) is 18.2 Å². The summed E-state index contributed by atoms with van der Waals surface area (Å²) in [5, 5.41) is 0. The van der Waals surface area contributed by atoms with Gasteiger partial charge in [0, 0.05) is 18.2 Å². The van der Waals surface area contributed by atoms with E-state index in [1.54, 1.807) is 0 Å². The molecule has 1 aliphatic heterocycles. The van der Waals surface area contributed by atoms with E-state index in [4.69, 9.17) is 15.2 Å². The smallest absolute Gasteiger partial charge is 0.147 e. The van der Waals surface area contributed by atoms with Gasteiger partial charge in [0.05, 0.1) is 22.2 Å². The van der Waals surface area contributed by atoms with Crippen LogP contribution in [0, 0.1) is 5.92 Å². The molecule has 1 aromatic carbocycles. The summed E-state index contributed by atoms with van der Waals surface area (Å²) in [5.74, 6) is 1.30. The van der Waals surface area contributed by atoms with Crippen LogP contribution in [0.2, 0.25) is 0 Å². The van der Waals surface area contributed by atoms with Crippen LogP contribution in [0.4, 0.5) is 5.69 Å². The third-order valence-electron chi connectivity index (χ3n) is 2.51. The van der Waals surface area contributed by atoms with Gasteiger partial charge in [0.25, 0.3) is 0 Å². The van der Waals surface area contributed by atoms with E-state index < -0.39 is 0 Å². The van der Waals surface area contributed by atoms with E-state index in [1.165, 1.54) is 0 Å². The molecule has 1 aromatic rings. The molecule has 2 rings (SSSR count). The molecule has 0 aromatic heterocycles. The molecule has 1 aliphatic rings. The van der Waals surface area contributed by atoms with Crippen LogP contribution in [0.15, 0.2) is 21.1 Å². The largest absolute Gasteiger partial charge is 0.491 e. The number of benzene rings is 1. The van der Waals surface area contributed by atoms with Crippen LogP contribution in [0.5, 0.6) is 5.75 Å². The Hall–Kier alpha value is -0.260. The van der Waals surface area contributed by atoms with Crippen molar-refractivity contribution in [3.63, 3.8) is 0 Å². The van der Waals surface area contributed by atoms with Crippen molar-refractivity contribution in [1.82, 2.24) is 0 Å². The van der Waals surface area contributed by atoms with Gasteiger partial charge in [-0.05, 0) is 50.4 Å². The number of ether oxygens (including phenoxy) is 2. The third kappa shape index (κ3) is 2.90. The van der Waals surface area contributed by atoms with E-state index in [-0.39, 0.29) is 0 Å². The topological polar surface area (TPSA) is 44.5 Å². The van der Waals surface area contributed by atoms with Crippen molar-refractivity contribution in [2.45, 2.75) is 6.42 Å². The lowest BCUT2D eigenvalue weighted by molar-refractivity contribution is 0.166. The predicted octanol–water partition coefficient (Wildman–Crippen LogP) is 3.21. The van der Waals surface area contributed by atoms with Gasteiger partial charge in [-0.2, -0.15) is 0 Å². The van der Waals surface area contributed by atoms with Gasteiger partial charge in [-0.25, -0.2) is 0 Å². The average Bonchev–Trinajstić information content (AvgIpc) is 2.68. The molecule has 0 aliphatic carbocycles. The van der Waals surface area contributed by atoms with Crippen molar-refractivity contribution < 1.29 is 9.47 Å². The summed E-state index contributed by atoms with van der Waals surface area (Å²) in [6, 6.07) is 3.68. The first-order valence-corrected chi connectivity index (χ1v) is 6.70. The molecule has 5 heteroatoms. The second-order valence-corrected chi connectivity index (χ2v) is 5.56. The Morgan fingerprint density at radius 3 is 2.62 bits per heavy atom. The van der Waals surface area contributed by atoms with Crippen LogP contribution in [0.1, 0.15) is 6.42 Å². The molecule has 0 spiro atoms. The van der Waals surface area contributed by atoms with E-state index in [0.717, 1.165) is 34.3 Å². The van der Waals surface area contributed by atoms with Crippen molar-refractivity contribution in [3.05, 3.63) is 21.1 Å². The molecule has 1 saturated heterocycles. The highest BCUT2D eigenvalue weighted by Gasteiger charge is 2.17. The van der Waals surface area contributed by atoms with E-state index in [1.807, 2.05) is 12.1 Å². The summed E-state index contributed by atoms with van der Waals surface area (Å²) in [5.41, 5.74) is 6.42. The Bertz CT molecular complexity index is 355. The molecule has 0 bridgehead atoms. The van der Waals surface area contributed by atoms with E-state index in [2.05, 4.69) is 31.9 Å². The van der Waals surface area contributed by atoms with E-state index in [9.17, 15) is 0 Å². The summed E-state index contributed by atoms with van der Waals surface area (Å²) in [7, 11) is 0. The van der Waals surface area contributed by atoms with Gasteiger partial charge in [-0.15, -0.1) is 0 Å². The number of rotatable bonds is 3. The molecule has 1 unspecified atom stereocenters. The first-order valence-electron chi connectivity index (χ1n) is 5.12. The van der Waals surface area contributed by atoms with E-state index >= 15 is 0 Å². The minimum Gasteiger partial charge on any atom is -0.491 e. The highest BCUT2D eigenvalue weighted by molar-refractivity contribution is 9.11. The third-order valence-corrected chi connectivity index (χ3v) is 3.69. The molecular weight excluding hydrogens is 338 g/mol. The number of anilines is 1. The zero-order valence-corrected chi connectivity index (χ0v) is 11.9. The fourth-order valence-corrected chi connectivity index (χ4v) is 3.08. The number of nitrogen functional groups attached to an aromatic ring is 1. The predicted molar refractivity (Wildman–Crippen MR) is 70.7 cm³/mol. The van der Waals surface area contributed by atoms with Crippen LogP contribution < -0.4 is 10.5 Å². The highest BCUT2D eigenvalue weighted by atomic mass is 79.9. The van der Waals surface area contributed by atoms with Gasteiger partial charge in [0.2, 0.25) is 0 Å². The summed E-state index contributed by atoms with van der Waals surface area (Å²) in [6.07, 6.45) is 1.07. The summed E-state index contributed by atoms with van der Waals surface area (Å²) >= 11 is 6.88. The van der Waals surface area contributed by atoms with Crippen molar-refractivity contribution in [3.8, 4) is 5.75 Å². The number of hydrogen-bond acceptors (Lipinski definition) is 3. The highest BCUT2D eigenvalue weighted by Crippen LogP contribution is 2.36. The molecule has 1 atom stereocenters. The fourth-order valence-electron chi connectivity index (χ4n) is 1.63. The lowest BCUT2D eigenvalue weighted by Crippen LogP contribution is -2.12. The van der Waals surface area contributed by atoms with Crippen molar-refractivity contribution in [1.29, 1.82) is 0 Å². The molecule has 16 heavy (non-hydrogen) atoms. The Morgan fingerprint density at radius 1 is 1.38 bits per heavy atom. The van der Waals surface area contributed by atoms with Crippen LogP contribution in [0.25, 0.3) is 0 Å². The van der Waals surface area contributed by atoms with Gasteiger partial charge >= 0.3 is 0 Å². The van der Waals surface area contributed by atoms with Crippen molar-refractivity contribution >= 4 is 37.5 Å². The molecule has 88 valence electrons. The van der Waals surface area contributed by atoms with Gasteiger partial charge in [-0.3, -0.25) is 0 Å². The molecule has 0 saturated carbocycles. The zero-order chi connectivity index (χ0) is 11.5. The van der Waals surface area contributed by atoms with Crippen LogP contribution in [-0.4, -0.2) is 19.8 Å². The Morgan fingerprint density at radius 2 is 2.06 bits per heavy atom. The monoisotopic (exact) mass is 349 g/mol. The molecular formula is C11H13Br2NO2. The average molecular weight is 351 g/mol. The van der Waals surface area contributed by atoms with Crippen LogP contribution in [-0.2, 0) is 4.74 Å². The zero-order valence-electron chi connectivity index (χ0n) is 8.71. The molecule has 1 fully saturated rings. The Kier molecular flexibility index (Phi) is 4.10. The second-order valence-electron chi connectivity index (χ2n) is 3.85. The normalized spacial score (nSPS) is 20.0. The van der Waals surface area contributed by atoms with Gasteiger partial charge in [0.1, 0.15) is 5.75 Å². The van der Waals surface area contributed by atoms with Gasteiger partial charge in [-0.1, -0.05) is 0 Å². The number of halogens is 2. The van der Waals surface area contributed by atoms with Gasteiger partial charge in [0.15, 0.2) is 0 Å². The molecule has 0 radical (unpaired) electrons. The quantitative estimate of drug-likeness (QED) is 0.851. The van der Waals surface area contributed by atoms with Crippen LogP contribution in [0.3, 0.4) is 0 Å². The maximum atomic E-state index is 5.78. The summed E-state index contributed by atoms with van der Waals surface area (Å²) in [4.78, 5) is 0. The second kappa shape index (κ2) is 5.38. The van der Waals surface area contributed by atoms with Crippen molar-refractivity contribution in [2.75, 3.05) is 25.6 Å². The Balaban J connectivity index is 2.03. The minimum absolute atomic E-state index is 0.497. The SMILES string of the molecule is Nc1cc(Br)c(OCC2CCOC2)c(Br)c1. The molecule has 1 heterocycles. The van der Waals surface area contributed by atoms with Gasteiger partial charge < -0.3 is 15.2 Å². The summed E-state index contributed by atoms with van der Waals surface area (Å²) < 4.78 is 12.8. The first-order chi connectivity index (χ1) is 7.66. The number of nitrogens with two attached hydrogens (primary N) is 1. The molecule has 3 nitrogen and oxygen atoms in total. The Labute approximate surface area is 112 Å². The summed E-state index contributed by atoms with van der Waals surface area (Å²) in [6.45, 7) is 2.32. The molecule has 2 N–H and O–H groups in total. The fraction of sp³-hybridized carbons (Fsp3) is 0.455. The standard InChI is InChI=1S/C11H13Br2NO2/c12-9-3-8(14)4-10(13)11(9)16-6-7-1-2-15-5-7/h3-4,7H,1-2,5-6,14H2. The first kappa shape index (κ1) is 12.2.